The van der Waals surface area contributed by atoms with Crippen LogP contribution in [-0.2, 0) is 6.42 Å². The van der Waals surface area contributed by atoms with Crippen molar-refractivity contribution in [2.75, 3.05) is 0 Å². The molecule has 0 nitrogen and oxygen atoms in total. The standard InChI is InChI=1S/C10H15S/c1-2-3-4-5-6-10-7-8-11-9-10/h8-9H,2-6H2,1H3. The molecule has 1 aromatic heterocycles. The summed E-state index contributed by atoms with van der Waals surface area (Å²) >= 11 is 1.75. The van der Waals surface area contributed by atoms with Crippen molar-refractivity contribution in [3.63, 3.8) is 0 Å². The Balaban J connectivity index is 2.04. The summed E-state index contributed by atoms with van der Waals surface area (Å²) in [6.07, 6.45) is 6.64. The lowest BCUT2D eigenvalue weighted by atomic mass is 10.1. The summed E-state index contributed by atoms with van der Waals surface area (Å²) in [6.45, 7) is 2.25. The minimum atomic E-state index is 1.23. The second kappa shape index (κ2) is 5.36. The predicted octanol–water partition coefficient (Wildman–Crippen LogP) is 3.67. The minimum Gasteiger partial charge on any atom is -0.151 e. The van der Waals surface area contributed by atoms with Gasteiger partial charge < -0.3 is 0 Å². The van der Waals surface area contributed by atoms with Crippen LogP contribution in [0.25, 0.3) is 0 Å². The maximum Gasteiger partial charge on any atom is -0.00115 e. The molecule has 1 aromatic rings. The van der Waals surface area contributed by atoms with E-state index in [-0.39, 0.29) is 0 Å². The first-order valence-electron chi connectivity index (χ1n) is 4.36. The quantitative estimate of drug-likeness (QED) is 0.587. The van der Waals surface area contributed by atoms with Gasteiger partial charge in [0.2, 0.25) is 0 Å². The molecule has 1 heteroatoms. The van der Waals surface area contributed by atoms with Crippen LogP contribution >= 0.6 is 11.3 Å². The van der Waals surface area contributed by atoms with Crippen LogP contribution in [0.15, 0.2) is 10.8 Å². The molecule has 1 heterocycles. The van der Waals surface area contributed by atoms with Crippen molar-refractivity contribution in [2.45, 2.75) is 39.0 Å². The number of thiophene rings is 1. The number of hydrogen-bond acceptors (Lipinski definition) is 1. The Hall–Kier alpha value is -0.300. The van der Waals surface area contributed by atoms with Crippen LogP contribution in [0.3, 0.4) is 0 Å². The van der Waals surface area contributed by atoms with Gasteiger partial charge in [-0.1, -0.05) is 26.2 Å². The maximum atomic E-state index is 3.23. The smallest absolute Gasteiger partial charge is 0.00115 e. The van der Waals surface area contributed by atoms with Gasteiger partial charge in [0.1, 0.15) is 0 Å². The maximum absolute atomic E-state index is 3.23. The molecule has 0 N–H and O–H groups in total. The molecule has 0 unspecified atom stereocenters. The molecule has 0 aliphatic carbocycles. The van der Waals surface area contributed by atoms with E-state index in [0.717, 1.165) is 0 Å². The van der Waals surface area contributed by atoms with Gasteiger partial charge in [-0.15, -0.1) is 0 Å². The van der Waals surface area contributed by atoms with Gasteiger partial charge in [-0.05, 0) is 35.2 Å². The van der Waals surface area contributed by atoms with Crippen LogP contribution in [-0.4, -0.2) is 0 Å². The average molecular weight is 167 g/mol. The van der Waals surface area contributed by atoms with Gasteiger partial charge in [-0.3, -0.25) is 0 Å². The van der Waals surface area contributed by atoms with E-state index in [1.807, 2.05) is 5.38 Å². The van der Waals surface area contributed by atoms with E-state index in [1.165, 1.54) is 37.7 Å². The topological polar surface area (TPSA) is 0 Å². The van der Waals surface area contributed by atoms with Crippen molar-refractivity contribution >= 4 is 11.3 Å². The average Bonchev–Trinajstić information content (AvgIpc) is 2.50. The molecule has 0 fully saturated rings. The van der Waals surface area contributed by atoms with Gasteiger partial charge in [0, 0.05) is 0 Å². The number of aryl methyl sites for hydroxylation is 1. The van der Waals surface area contributed by atoms with Gasteiger partial charge in [0.15, 0.2) is 0 Å². The predicted molar refractivity (Wildman–Crippen MR) is 51.0 cm³/mol. The molecule has 11 heavy (non-hydrogen) atoms. The van der Waals surface area contributed by atoms with E-state index in [2.05, 4.69) is 18.4 Å². The molecule has 0 saturated heterocycles. The molecule has 0 aliphatic heterocycles. The zero-order valence-electron chi connectivity index (χ0n) is 7.10. The van der Waals surface area contributed by atoms with Crippen molar-refractivity contribution in [3.8, 4) is 0 Å². The van der Waals surface area contributed by atoms with Crippen LogP contribution in [0.4, 0.5) is 0 Å². The van der Waals surface area contributed by atoms with Gasteiger partial charge in [0.05, 0.1) is 0 Å². The molecule has 0 saturated carbocycles. The Kier molecular flexibility index (Phi) is 4.29. The molecule has 1 rings (SSSR count). The SMILES string of the molecule is CCCCCCc1[c]csc1. The lowest BCUT2D eigenvalue weighted by Gasteiger charge is -1.95. The molecule has 1 radical (unpaired) electrons. The first-order chi connectivity index (χ1) is 5.43. The number of hydrogen-bond donors (Lipinski definition) is 0. The highest BCUT2D eigenvalue weighted by atomic mass is 32.1. The lowest BCUT2D eigenvalue weighted by molar-refractivity contribution is 0.667. The second-order valence-electron chi connectivity index (χ2n) is 2.85. The van der Waals surface area contributed by atoms with E-state index < -0.39 is 0 Å². The number of unbranched alkanes of at least 4 members (excludes halogenated alkanes) is 3. The third kappa shape index (κ3) is 3.57. The van der Waals surface area contributed by atoms with Gasteiger partial charge in [0.25, 0.3) is 0 Å². The highest BCUT2D eigenvalue weighted by molar-refractivity contribution is 7.07. The summed E-state index contributed by atoms with van der Waals surface area (Å²) in [6, 6.07) is 3.23. The van der Waals surface area contributed by atoms with E-state index >= 15 is 0 Å². The summed E-state index contributed by atoms with van der Waals surface area (Å²) in [7, 11) is 0. The minimum absolute atomic E-state index is 1.23. The Labute approximate surface area is 73.3 Å². The first kappa shape index (κ1) is 8.79. The summed E-state index contributed by atoms with van der Waals surface area (Å²) in [4.78, 5) is 0. The monoisotopic (exact) mass is 167 g/mol. The molecule has 0 atom stereocenters. The van der Waals surface area contributed by atoms with E-state index in [4.69, 9.17) is 0 Å². The molecule has 61 valence electrons. The van der Waals surface area contributed by atoms with Crippen molar-refractivity contribution < 1.29 is 0 Å². The van der Waals surface area contributed by atoms with Crippen LogP contribution in [0.2, 0.25) is 0 Å². The highest BCUT2D eigenvalue weighted by Crippen LogP contribution is 2.10. The summed E-state index contributed by atoms with van der Waals surface area (Å²) in [5, 5.41) is 4.24. The molecule has 0 bridgehead atoms. The van der Waals surface area contributed by atoms with E-state index in [9.17, 15) is 0 Å². The summed E-state index contributed by atoms with van der Waals surface area (Å²) < 4.78 is 0. The zero-order valence-corrected chi connectivity index (χ0v) is 7.91. The molecule has 0 amide bonds. The van der Waals surface area contributed by atoms with Gasteiger partial charge >= 0.3 is 0 Å². The van der Waals surface area contributed by atoms with E-state index in [0.29, 0.717) is 0 Å². The van der Waals surface area contributed by atoms with Crippen molar-refractivity contribution in [2.24, 2.45) is 0 Å². The third-order valence-corrected chi connectivity index (χ3v) is 2.50. The molecule has 0 aliphatic rings. The van der Waals surface area contributed by atoms with Crippen LogP contribution in [0, 0.1) is 6.07 Å². The van der Waals surface area contributed by atoms with Crippen LogP contribution in [0.5, 0.6) is 0 Å². The Bertz CT molecular complexity index is 165. The molecular weight excluding hydrogens is 152 g/mol. The fraction of sp³-hybridized carbons (Fsp3) is 0.600. The van der Waals surface area contributed by atoms with Crippen molar-refractivity contribution in [1.82, 2.24) is 0 Å². The van der Waals surface area contributed by atoms with Gasteiger partial charge in [-0.25, -0.2) is 0 Å². The lowest BCUT2D eigenvalue weighted by Crippen LogP contribution is -1.81. The number of rotatable bonds is 5. The molecule has 0 spiro atoms. The van der Waals surface area contributed by atoms with E-state index in [1.54, 1.807) is 11.3 Å². The fourth-order valence-electron chi connectivity index (χ4n) is 1.13. The second-order valence-corrected chi connectivity index (χ2v) is 3.60. The largest absolute Gasteiger partial charge is 0.151 e. The Morgan fingerprint density at radius 1 is 1.36 bits per heavy atom. The molecular formula is C10H15S. The molecule has 0 aromatic carbocycles. The Morgan fingerprint density at radius 3 is 2.91 bits per heavy atom. The summed E-state index contributed by atoms with van der Waals surface area (Å²) in [5.74, 6) is 0. The summed E-state index contributed by atoms with van der Waals surface area (Å²) in [5.41, 5.74) is 1.39. The third-order valence-electron chi connectivity index (χ3n) is 1.82. The highest BCUT2D eigenvalue weighted by Gasteiger charge is 1.92. The fourth-order valence-corrected chi connectivity index (χ4v) is 1.77. The van der Waals surface area contributed by atoms with Gasteiger partial charge in [-0.2, -0.15) is 11.3 Å². The van der Waals surface area contributed by atoms with Crippen molar-refractivity contribution in [3.05, 3.63) is 22.4 Å². The Morgan fingerprint density at radius 2 is 2.27 bits per heavy atom. The first-order valence-corrected chi connectivity index (χ1v) is 5.30. The van der Waals surface area contributed by atoms with Crippen LogP contribution in [0.1, 0.15) is 38.2 Å². The van der Waals surface area contributed by atoms with Crippen molar-refractivity contribution in [1.29, 1.82) is 0 Å². The van der Waals surface area contributed by atoms with Crippen LogP contribution < -0.4 is 0 Å². The zero-order chi connectivity index (χ0) is 7.94. The normalized spacial score (nSPS) is 10.3.